The van der Waals surface area contributed by atoms with Crippen LogP contribution in [-0.2, 0) is 0 Å². The molecule has 0 bridgehead atoms. The van der Waals surface area contributed by atoms with Gasteiger partial charge in [0.25, 0.3) is 0 Å². The van der Waals surface area contributed by atoms with Crippen LogP contribution < -0.4 is 5.32 Å². The summed E-state index contributed by atoms with van der Waals surface area (Å²) < 4.78 is 45.0. The zero-order valence-electron chi connectivity index (χ0n) is 14.4. The van der Waals surface area contributed by atoms with Crippen molar-refractivity contribution in [2.75, 3.05) is 18.4 Å². The van der Waals surface area contributed by atoms with Crippen molar-refractivity contribution in [3.05, 3.63) is 41.0 Å². The maximum atomic E-state index is 13.7. The molecule has 2 aromatic rings. The minimum Gasteiger partial charge on any atom is -0.356 e. The number of aromatic nitrogens is 2. The monoisotopic (exact) mass is 370 g/mol. The molecule has 2 unspecified atom stereocenters. The van der Waals surface area contributed by atoms with E-state index in [1.807, 2.05) is 20.8 Å². The Kier molecular flexibility index (Phi) is 5.29. The summed E-state index contributed by atoms with van der Waals surface area (Å²) in [6.45, 7) is 7.56. The van der Waals surface area contributed by atoms with E-state index >= 15 is 0 Å². The molecule has 4 nitrogen and oxygen atoms in total. The van der Waals surface area contributed by atoms with Crippen molar-refractivity contribution < 1.29 is 13.2 Å². The van der Waals surface area contributed by atoms with Crippen molar-refractivity contribution in [1.29, 1.82) is 0 Å². The second-order valence-electron chi connectivity index (χ2n) is 6.52. The van der Waals surface area contributed by atoms with Gasteiger partial charge in [0.2, 0.25) is 5.13 Å². The molecular weight excluding hydrogens is 349 g/mol. The Morgan fingerprint density at radius 2 is 1.96 bits per heavy atom. The molecule has 1 aliphatic rings. The molecule has 8 heteroatoms. The highest BCUT2D eigenvalue weighted by Gasteiger charge is 2.36. The van der Waals surface area contributed by atoms with Crippen molar-refractivity contribution in [2.24, 2.45) is 0 Å². The van der Waals surface area contributed by atoms with E-state index in [0.29, 0.717) is 10.7 Å². The molecule has 1 aromatic carbocycles. The predicted molar refractivity (Wildman–Crippen MR) is 92.3 cm³/mol. The third-order valence-corrected chi connectivity index (χ3v) is 5.18. The van der Waals surface area contributed by atoms with Gasteiger partial charge >= 0.3 is 0 Å². The van der Waals surface area contributed by atoms with Gasteiger partial charge in [-0.15, -0.1) is 0 Å². The first-order chi connectivity index (χ1) is 11.9. The van der Waals surface area contributed by atoms with E-state index in [4.69, 9.17) is 0 Å². The average Bonchev–Trinajstić information content (AvgIpc) is 3.19. The standard InChI is InChI=1S/C17H21F3N4S/c1-4-24-6-5-13(21-17-22-16(9(2)3)23-25-17)15(24)10-7-11(18)14(20)12(19)8-10/h7-9,13,15H,4-6H2,1-3H3,(H,21,22,23). The minimum atomic E-state index is -1.43. The summed E-state index contributed by atoms with van der Waals surface area (Å²) in [6, 6.07) is 1.86. The lowest BCUT2D eigenvalue weighted by Crippen LogP contribution is -2.31. The molecular formula is C17H21F3N4S. The fourth-order valence-corrected chi connectivity index (χ4v) is 4.01. The Morgan fingerprint density at radius 1 is 1.28 bits per heavy atom. The van der Waals surface area contributed by atoms with E-state index in [-0.39, 0.29) is 18.0 Å². The highest BCUT2D eigenvalue weighted by molar-refractivity contribution is 7.09. The van der Waals surface area contributed by atoms with Crippen LogP contribution in [-0.4, -0.2) is 33.4 Å². The summed E-state index contributed by atoms with van der Waals surface area (Å²) in [6.07, 6.45) is 0.801. The zero-order valence-corrected chi connectivity index (χ0v) is 15.2. The highest BCUT2D eigenvalue weighted by Crippen LogP contribution is 2.35. The molecule has 0 aliphatic carbocycles. The summed E-state index contributed by atoms with van der Waals surface area (Å²) in [5, 5.41) is 4.04. The van der Waals surface area contributed by atoms with Crippen molar-refractivity contribution in [3.8, 4) is 0 Å². The summed E-state index contributed by atoms with van der Waals surface area (Å²) in [4.78, 5) is 6.59. The van der Waals surface area contributed by atoms with Gasteiger partial charge in [-0.1, -0.05) is 20.8 Å². The molecule has 1 N–H and O–H groups in total. The van der Waals surface area contributed by atoms with Gasteiger partial charge < -0.3 is 5.32 Å². The molecule has 25 heavy (non-hydrogen) atoms. The zero-order chi connectivity index (χ0) is 18.1. The summed E-state index contributed by atoms with van der Waals surface area (Å²) in [7, 11) is 0. The molecule has 0 spiro atoms. The van der Waals surface area contributed by atoms with E-state index < -0.39 is 17.5 Å². The van der Waals surface area contributed by atoms with Crippen LogP contribution in [0, 0.1) is 17.5 Å². The molecule has 2 atom stereocenters. The molecule has 2 heterocycles. The molecule has 1 aliphatic heterocycles. The number of rotatable bonds is 5. The first kappa shape index (κ1) is 18.1. The van der Waals surface area contributed by atoms with Crippen molar-refractivity contribution >= 4 is 16.7 Å². The quantitative estimate of drug-likeness (QED) is 0.796. The van der Waals surface area contributed by atoms with Gasteiger partial charge in [-0.05, 0) is 30.7 Å². The topological polar surface area (TPSA) is 41.0 Å². The van der Waals surface area contributed by atoms with E-state index in [9.17, 15) is 13.2 Å². The van der Waals surface area contributed by atoms with E-state index in [0.717, 1.165) is 37.5 Å². The van der Waals surface area contributed by atoms with Crippen molar-refractivity contribution in [1.82, 2.24) is 14.3 Å². The van der Waals surface area contributed by atoms with Crippen LogP contribution in [0.5, 0.6) is 0 Å². The Balaban J connectivity index is 1.88. The maximum Gasteiger partial charge on any atom is 0.202 e. The van der Waals surface area contributed by atoms with Crippen LogP contribution in [0.15, 0.2) is 12.1 Å². The Bertz CT molecular complexity index is 726. The number of halogens is 3. The lowest BCUT2D eigenvalue weighted by molar-refractivity contribution is 0.263. The smallest absolute Gasteiger partial charge is 0.202 e. The van der Waals surface area contributed by atoms with Crippen LogP contribution in [0.25, 0.3) is 0 Å². The molecule has 1 aromatic heterocycles. The highest BCUT2D eigenvalue weighted by atomic mass is 32.1. The number of anilines is 1. The summed E-state index contributed by atoms with van der Waals surface area (Å²) >= 11 is 1.28. The van der Waals surface area contributed by atoms with Crippen LogP contribution in [0.4, 0.5) is 18.3 Å². The second kappa shape index (κ2) is 7.29. The maximum absolute atomic E-state index is 13.7. The number of benzene rings is 1. The van der Waals surface area contributed by atoms with Gasteiger partial charge in [0, 0.05) is 30.0 Å². The third kappa shape index (κ3) is 3.64. The molecule has 3 rings (SSSR count). The lowest BCUT2D eigenvalue weighted by atomic mass is 9.99. The van der Waals surface area contributed by atoms with Gasteiger partial charge in [0.05, 0.1) is 6.04 Å². The molecule has 0 amide bonds. The molecule has 0 radical (unpaired) electrons. The number of hydrogen-bond acceptors (Lipinski definition) is 5. The lowest BCUT2D eigenvalue weighted by Gasteiger charge is -2.28. The van der Waals surface area contributed by atoms with E-state index in [2.05, 4.69) is 19.6 Å². The Morgan fingerprint density at radius 3 is 2.52 bits per heavy atom. The van der Waals surface area contributed by atoms with Crippen LogP contribution in [0.2, 0.25) is 0 Å². The average molecular weight is 370 g/mol. The molecule has 136 valence electrons. The fraction of sp³-hybridized carbons (Fsp3) is 0.529. The molecule has 0 saturated carbocycles. The van der Waals surface area contributed by atoms with Gasteiger partial charge in [0.1, 0.15) is 5.82 Å². The molecule has 1 saturated heterocycles. The summed E-state index contributed by atoms with van der Waals surface area (Å²) in [5.74, 6) is -2.74. The van der Waals surface area contributed by atoms with Crippen molar-refractivity contribution in [3.63, 3.8) is 0 Å². The van der Waals surface area contributed by atoms with Crippen molar-refractivity contribution in [2.45, 2.75) is 45.2 Å². The first-order valence-electron chi connectivity index (χ1n) is 8.39. The van der Waals surface area contributed by atoms with Gasteiger partial charge in [0.15, 0.2) is 17.5 Å². The molecule has 1 fully saturated rings. The Labute approximate surface area is 149 Å². The fourth-order valence-electron chi connectivity index (χ4n) is 3.24. The number of nitrogens with zero attached hydrogens (tertiary/aromatic N) is 3. The number of nitrogens with one attached hydrogen (secondary N) is 1. The SMILES string of the molecule is CCN1CCC(Nc2nc(C(C)C)ns2)C1c1cc(F)c(F)c(F)c1. The van der Waals surface area contributed by atoms with E-state index in [1.165, 1.54) is 11.5 Å². The predicted octanol–water partition coefficient (Wildman–Crippen LogP) is 4.33. The van der Waals surface area contributed by atoms with Crippen LogP contribution in [0.3, 0.4) is 0 Å². The second-order valence-corrected chi connectivity index (χ2v) is 7.28. The first-order valence-corrected chi connectivity index (χ1v) is 9.16. The van der Waals surface area contributed by atoms with Gasteiger partial charge in [-0.3, -0.25) is 4.90 Å². The van der Waals surface area contributed by atoms with Gasteiger partial charge in [-0.25, -0.2) is 18.2 Å². The van der Waals surface area contributed by atoms with Crippen LogP contribution >= 0.6 is 11.5 Å². The number of likely N-dealkylation sites (N-methyl/N-ethyl adjacent to an activating group) is 1. The third-order valence-electron chi connectivity index (χ3n) is 4.52. The summed E-state index contributed by atoms with van der Waals surface area (Å²) in [5.41, 5.74) is 0.432. The van der Waals surface area contributed by atoms with Gasteiger partial charge in [-0.2, -0.15) is 4.37 Å². The Hall–Kier alpha value is -1.67. The van der Waals surface area contributed by atoms with E-state index in [1.54, 1.807) is 0 Å². The number of hydrogen-bond donors (Lipinski definition) is 1. The number of likely N-dealkylation sites (tertiary alicyclic amines) is 1. The normalized spacial score (nSPS) is 21.2. The largest absolute Gasteiger partial charge is 0.356 e. The van der Waals surface area contributed by atoms with Crippen LogP contribution in [0.1, 0.15) is 50.5 Å². The minimum absolute atomic E-state index is 0.0721.